The van der Waals surface area contributed by atoms with Crippen molar-refractivity contribution in [3.05, 3.63) is 95.5 Å². The highest BCUT2D eigenvalue weighted by Crippen LogP contribution is 2.36. The molecule has 4 aromatic carbocycles. The van der Waals surface area contributed by atoms with E-state index in [1.54, 1.807) is 42.5 Å². The highest BCUT2D eigenvalue weighted by atomic mass is 35.5. The summed E-state index contributed by atoms with van der Waals surface area (Å²) in [6.45, 7) is 0.143. The second kappa shape index (κ2) is 13.6. The second-order valence-electron chi connectivity index (χ2n) is 12.2. The van der Waals surface area contributed by atoms with E-state index in [-0.39, 0.29) is 30.0 Å². The fourth-order valence-corrected chi connectivity index (χ4v) is 7.60. The van der Waals surface area contributed by atoms with Crippen LogP contribution in [0.3, 0.4) is 0 Å². The molecule has 1 aliphatic heterocycles. The average Bonchev–Trinajstić information content (AvgIpc) is 3.60. The van der Waals surface area contributed by atoms with E-state index in [1.807, 2.05) is 6.07 Å². The first-order valence-electron chi connectivity index (χ1n) is 15.7. The largest absolute Gasteiger partial charge is 0.490 e. The lowest BCUT2D eigenvalue weighted by Crippen LogP contribution is -2.57. The van der Waals surface area contributed by atoms with E-state index in [2.05, 4.69) is 10.8 Å². The predicted molar refractivity (Wildman–Crippen MR) is 177 cm³/mol. The zero-order chi connectivity index (χ0) is 33.2. The topological polar surface area (TPSA) is 99.5 Å². The number of nitriles is 1. The number of alkyl halides is 2. The molecule has 7 nitrogen and oxygen atoms in total. The van der Waals surface area contributed by atoms with Crippen LogP contribution >= 0.6 is 11.6 Å². The number of halogens is 3. The van der Waals surface area contributed by atoms with Crippen molar-refractivity contribution >= 4 is 38.3 Å². The molecule has 244 valence electrons. The Morgan fingerprint density at radius 1 is 0.894 bits per heavy atom. The maximum absolute atomic E-state index is 16.4. The van der Waals surface area contributed by atoms with Gasteiger partial charge in [0.2, 0.25) is 15.9 Å². The summed E-state index contributed by atoms with van der Waals surface area (Å²) in [6.07, 6.45) is 5.04. The van der Waals surface area contributed by atoms with Crippen LogP contribution in [0, 0.1) is 17.2 Å². The smallest absolute Gasteiger partial charge is 0.298 e. The minimum absolute atomic E-state index is 0.0715. The van der Waals surface area contributed by atoms with Gasteiger partial charge in [-0.15, -0.1) is 0 Å². The number of nitrogens with zero attached hydrogens (tertiary/aromatic N) is 2. The van der Waals surface area contributed by atoms with Crippen LogP contribution < -0.4 is 9.46 Å². The summed E-state index contributed by atoms with van der Waals surface area (Å²) < 4.78 is 68.4. The third-order valence-electron chi connectivity index (χ3n) is 9.02. The van der Waals surface area contributed by atoms with Crippen molar-refractivity contribution < 1.29 is 26.7 Å². The maximum Gasteiger partial charge on any atom is 0.298 e. The number of carbonyl (C=O) groups excluding carboxylic acids is 1. The lowest BCUT2D eigenvalue weighted by atomic mass is 9.95. The van der Waals surface area contributed by atoms with Gasteiger partial charge in [0.1, 0.15) is 5.75 Å². The number of rotatable bonds is 9. The maximum atomic E-state index is 16.4. The van der Waals surface area contributed by atoms with Crippen molar-refractivity contribution in [1.82, 2.24) is 9.62 Å². The molecule has 0 aromatic heterocycles. The number of nitrogens with one attached hydrogen (secondary N) is 1. The second-order valence-corrected chi connectivity index (χ2v) is 14.3. The van der Waals surface area contributed by atoms with E-state index in [0.717, 1.165) is 36.6 Å². The average molecular weight is 678 g/mol. The SMILES string of the molecule is N#CC1CCN(C(=O)C(NS(=O)(=O)c2ccc3cc(OC4CCCC4)ccc3c2)C(F)(F)c2ccc(-c3ccc(Cl)cc3)cc2)CC1. The van der Waals surface area contributed by atoms with Crippen molar-refractivity contribution in [3.63, 3.8) is 0 Å². The summed E-state index contributed by atoms with van der Waals surface area (Å²) in [6, 6.07) is 21.7. The molecule has 1 N–H and O–H groups in total. The van der Waals surface area contributed by atoms with Gasteiger partial charge in [0, 0.05) is 29.6 Å². The normalized spacial score (nSPS) is 17.0. The van der Waals surface area contributed by atoms with E-state index in [0.29, 0.717) is 34.6 Å². The van der Waals surface area contributed by atoms with Gasteiger partial charge in [-0.25, -0.2) is 8.42 Å². The van der Waals surface area contributed by atoms with Crippen molar-refractivity contribution in [2.75, 3.05) is 13.1 Å². The summed E-state index contributed by atoms with van der Waals surface area (Å²) in [5.41, 5.74) is 0.888. The minimum atomic E-state index is -4.60. The van der Waals surface area contributed by atoms with Crippen LogP contribution in [0.4, 0.5) is 8.78 Å². The Labute approximate surface area is 278 Å². The number of amides is 1. The molecular formula is C36H34ClF2N3O4S. The van der Waals surface area contributed by atoms with E-state index in [9.17, 15) is 18.5 Å². The van der Waals surface area contributed by atoms with Gasteiger partial charge in [-0.05, 0) is 96.8 Å². The van der Waals surface area contributed by atoms with Crippen LogP contribution in [0.1, 0.15) is 44.1 Å². The van der Waals surface area contributed by atoms with E-state index in [4.69, 9.17) is 16.3 Å². The van der Waals surface area contributed by atoms with Crippen molar-refractivity contribution in [3.8, 4) is 22.9 Å². The van der Waals surface area contributed by atoms with Crippen LogP contribution in [0.2, 0.25) is 5.02 Å². The van der Waals surface area contributed by atoms with Gasteiger partial charge in [-0.1, -0.05) is 60.1 Å². The molecule has 4 aromatic rings. The third-order valence-corrected chi connectivity index (χ3v) is 10.7. The fourth-order valence-electron chi connectivity index (χ4n) is 6.25. The van der Waals surface area contributed by atoms with Gasteiger partial charge >= 0.3 is 0 Å². The molecule has 1 heterocycles. The van der Waals surface area contributed by atoms with Gasteiger partial charge in [-0.3, -0.25) is 4.79 Å². The van der Waals surface area contributed by atoms with Gasteiger partial charge in [0.25, 0.3) is 5.92 Å². The molecule has 2 fully saturated rings. The van der Waals surface area contributed by atoms with Gasteiger partial charge in [0.15, 0.2) is 6.04 Å². The quantitative estimate of drug-likeness (QED) is 0.196. The molecular weight excluding hydrogens is 644 g/mol. The van der Waals surface area contributed by atoms with Crippen LogP contribution in [-0.2, 0) is 20.7 Å². The Kier molecular flexibility index (Phi) is 9.51. The molecule has 6 rings (SSSR count). The number of likely N-dealkylation sites (tertiary alicyclic amines) is 1. The number of fused-ring (bicyclic) bond motifs is 1. The van der Waals surface area contributed by atoms with Crippen molar-refractivity contribution in [2.24, 2.45) is 5.92 Å². The first-order valence-corrected chi connectivity index (χ1v) is 17.5. The number of hydrogen-bond donors (Lipinski definition) is 1. The molecule has 1 aliphatic carbocycles. The number of piperidine rings is 1. The Balaban J connectivity index is 1.29. The summed E-state index contributed by atoms with van der Waals surface area (Å²) in [5.74, 6) is -4.58. The highest BCUT2D eigenvalue weighted by Gasteiger charge is 2.50. The molecule has 1 unspecified atom stereocenters. The first-order chi connectivity index (χ1) is 22.5. The van der Waals surface area contributed by atoms with E-state index >= 15 is 8.78 Å². The zero-order valence-electron chi connectivity index (χ0n) is 25.5. The molecule has 2 aliphatic rings. The fraction of sp³-hybridized carbons (Fsp3) is 0.333. The van der Waals surface area contributed by atoms with Gasteiger partial charge in [0.05, 0.1) is 17.1 Å². The van der Waals surface area contributed by atoms with Crippen LogP contribution in [0.5, 0.6) is 5.75 Å². The summed E-state index contributed by atoms with van der Waals surface area (Å²) in [4.78, 5) is 14.7. The number of hydrogen-bond acceptors (Lipinski definition) is 5. The summed E-state index contributed by atoms with van der Waals surface area (Å²) in [7, 11) is -4.60. The molecule has 0 radical (unpaired) electrons. The summed E-state index contributed by atoms with van der Waals surface area (Å²) in [5, 5.41) is 11.1. The Bertz CT molecular complexity index is 1900. The number of ether oxygens (including phenoxy) is 1. The number of benzene rings is 4. The Morgan fingerprint density at radius 2 is 1.49 bits per heavy atom. The molecule has 0 spiro atoms. The Hall–Kier alpha value is -4.04. The molecule has 1 atom stereocenters. The molecule has 1 amide bonds. The lowest BCUT2D eigenvalue weighted by molar-refractivity contribution is -0.145. The number of sulfonamides is 1. The molecule has 1 saturated heterocycles. The van der Waals surface area contributed by atoms with Crippen LogP contribution in [-0.4, -0.2) is 44.5 Å². The molecule has 11 heteroatoms. The molecule has 1 saturated carbocycles. The molecule has 0 bridgehead atoms. The predicted octanol–water partition coefficient (Wildman–Crippen LogP) is 7.68. The highest BCUT2D eigenvalue weighted by molar-refractivity contribution is 7.89. The summed E-state index contributed by atoms with van der Waals surface area (Å²) >= 11 is 5.98. The van der Waals surface area contributed by atoms with E-state index < -0.39 is 33.5 Å². The lowest BCUT2D eigenvalue weighted by Gasteiger charge is -2.35. The standard InChI is InChI=1S/C36H34ClF2N3O4S/c37-30-13-7-26(8-14-30)25-5-11-29(12-6-25)36(38,39)34(35(43)42-19-17-24(23-40)18-20-42)41-47(44,45)33-16-10-27-21-32(15-9-28(27)22-33)46-31-3-1-2-4-31/h5-16,21-22,24,31,34,41H,1-4,17-20H2. The first kappa shape index (κ1) is 32.9. The van der Waals surface area contributed by atoms with Crippen LogP contribution in [0.25, 0.3) is 21.9 Å². The van der Waals surface area contributed by atoms with Crippen LogP contribution in [0.15, 0.2) is 89.8 Å². The minimum Gasteiger partial charge on any atom is -0.490 e. The monoisotopic (exact) mass is 677 g/mol. The molecule has 47 heavy (non-hydrogen) atoms. The Morgan fingerprint density at radius 3 is 2.13 bits per heavy atom. The van der Waals surface area contributed by atoms with Crippen molar-refractivity contribution in [1.29, 1.82) is 5.26 Å². The van der Waals surface area contributed by atoms with Crippen molar-refractivity contribution in [2.45, 2.75) is 61.5 Å². The van der Waals surface area contributed by atoms with Gasteiger partial charge < -0.3 is 9.64 Å². The third kappa shape index (κ3) is 7.28. The van der Waals surface area contributed by atoms with Gasteiger partial charge in [-0.2, -0.15) is 18.8 Å². The van der Waals surface area contributed by atoms with E-state index in [1.165, 1.54) is 41.3 Å². The zero-order valence-corrected chi connectivity index (χ0v) is 27.1. The number of carbonyl (C=O) groups is 1.